The minimum absolute atomic E-state index is 0.583. The maximum atomic E-state index is 5.58. The van der Waals surface area contributed by atoms with Crippen LogP contribution in [0.3, 0.4) is 0 Å². The minimum Gasteiger partial charge on any atom is -0.309 e. The molecule has 0 saturated carbocycles. The van der Waals surface area contributed by atoms with Crippen molar-refractivity contribution in [1.82, 2.24) is 33.6 Å². The third-order valence-corrected chi connectivity index (χ3v) is 15.9. The summed E-state index contributed by atoms with van der Waals surface area (Å²) in [5.41, 5.74) is 18.6. The molecule has 0 amide bonds. The second kappa shape index (κ2) is 18.9. The number of hydrogen-bond donors (Lipinski definition) is 0. The number of hydrogen-bond acceptors (Lipinski definition) is 4. The number of fused-ring (bicyclic) bond motifs is 9. The van der Waals surface area contributed by atoms with E-state index in [1.165, 1.54) is 21.5 Å². The molecule has 0 N–H and O–H groups in total. The van der Waals surface area contributed by atoms with Gasteiger partial charge in [0.25, 0.3) is 0 Å². The number of benzene rings is 11. The fraction of sp³-hybridized carbons (Fsp3) is 0. The van der Waals surface area contributed by atoms with E-state index < -0.39 is 0 Å². The highest BCUT2D eigenvalue weighted by Gasteiger charge is 2.24. The molecule has 0 saturated heterocycles. The lowest BCUT2D eigenvalue weighted by Gasteiger charge is -2.18. The Kier molecular flexibility index (Phi) is 10.7. The fourth-order valence-corrected chi connectivity index (χ4v) is 12.2. The van der Waals surface area contributed by atoms with Gasteiger partial charge in [0.1, 0.15) is 0 Å². The molecular formula is C74H47N7. The van der Waals surface area contributed by atoms with Crippen LogP contribution >= 0.6 is 0 Å². The zero-order chi connectivity index (χ0) is 53.4. The van der Waals surface area contributed by atoms with Crippen LogP contribution in [0.25, 0.3) is 150 Å². The monoisotopic (exact) mass is 1030 g/mol. The van der Waals surface area contributed by atoms with Crippen LogP contribution in [0.1, 0.15) is 0 Å². The molecule has 378 valence electrons. The molecule has 0 bridgehead atoms. The quantitative estimate of drug-likeness (QED) is 0.144. The van der Waals surface area contributed by atoms with Crippen molar-refractivity contribution in [2.24, 2.45) is 0 Å². The predicted octanol–water partition coefficient (Wildman–Crippen LogP) is 18.6. The molecule has 0 fully saturated rings. The molecule has 7 nitrogen and oxygen atoms in total. The maximum absolute atomic E-state index is 5.58. The smallest absolute Gasteiger partial charge is 0.162 e. The molecule has 0 aliphatic heterocycles. The van der Waals surface area contributed by atoms with Gasteiger partial charge in [0, 0.05) is 77.1 Å². The summed E-state index contributed by atoms with van der Waals surface area (Å²) in [6, 6.07) is 101. The third kappa shape index (κ3) is 7.74. The van der Waals surface area contributed by atoms with Gasteiger partial charge >= 0.3 is 0 Å². The second-order valence-corrected chi connectivity index (χ2v) is 20.6. The van der Waals surface area contributed by atoms with Gasteiger partial charge in [0.05, 0.1) is 61.6 Å². The molecule has 81 heavy (non-hydrogen) atoms. The van der Waals surface area contributed by atoms with Crippen molar-refractivity contribution in [3.63, 3.8) is 0 Å². The van der Waals surface area contributed by atoms with E-state index in [9.17, 15) is 0 Å². The van der Waals surface area contributed by atoms with Crippen molar-refractivity contribution < 1.29 is 0 Å². The van der Waals surface area contributed by atoms with Crippen molar-refractivity contribution in [3.05, 3.63) is 285 Å². The summed E-state index contributed by atoms with van der Waals surface area (Å²) >= 11 is 0. The topological polar surface area (TPSA) is 66.3 Å². The van der Waals surface area contributed by atoms with Gasteiger partial charge in [-0.15, -0.1) is 0 Å². The molecule has 0 spiro atoms. The molecular weight excluding hydrogens is 987 g/mol. The number of aromatic nitrogens is 7. The summed E-state index contributed by atoms with van der Waals surface area (Å²) in [6.07, 6.45) is 0. The molecule has 11 aromatic carbocycles. The summed E-state index contributed by atoms with van der Waals surface area (Å²) in [7, 11) is 0. The summed E-state index contributed by atoms with van der Waals surface area (Å²) in [6.45, 7) is 0. The highest BCUT2D eigenvalue weighted by molar-refractivity contribution is 6.14. The van der Waals surface area contributed by atoms with Gasteiger partial charge in [0.2, 0.25) is 0 Å². The first-order chi connectivity index (χ1) is 40.2. The first-order valence-electron chi connectivity index (χ1n) is 27.4. The van der Waals surface area contributed by atoms with Gasteiger partial charge in [-0.2, -0.15) is 0 Å². The van der Waals surface area contributed by atoms with E-state index in [1.54, 1.807) is 0 Å². The summed E-state index contributed by atoms with van der Waals surface area (Å²) in [4.78, 5) is 21.7. The lowest BCUT2D eigenvalue weighted by molar-refractivity contribution is 1.12. The molecule has 5 aromatic heterocycles. The minimum atomic E-state index is 0.583. The van der Waals surface area contributed by atoms with Gasteiger partial charge < -0.3 is 13.7 Å². The maximum Gasteiger partial charge on any atom is 0.162 e. The summed E-state index contributed by atoms with van der Waals surface area (Å²) in [5, 5.41) is 7.09. The Morgan fingerprint density at radius 2 is 0.543 bits per heavy atom. The van der Waals surface area contributed by atoms with Crippen LogP contribution in [-0.2, 0) is 0 Å². The lowest BCUT2D eigenvalue weighted by Crippen LogP contribution is -2.03. The molecule has 0 aliphatic carbocycles. The molecule has 0 atom stereocenters. The van der Waals surface area contributed by atoms with Crippen molar-refractivity contribution >= 4 is 65.4 Å². The van der Waals surface area contributed by atoms with Gasteiger partial charge in [-0.1, -0.05) is 212 Å². The summed E-state index contributed by atoms with van der Waals surface area (Å²) in [5.74, 6) is 1.23. The van der Waals surface area contributed by atoms with Crippen LogP contribution in [0.4, 0.5) is 0 Å². The van der Waals surface area contributed by atoms with Crippen LogP contribution in [0, 0.1) is 0 Å². The first-order valence-corrected chi connectivity index (χ1v) is 27.4. The standard InChI is InChI=1S/C74H47N7/c1-5-21-48(22-6-1)62-47-65(76-73(75-62)51-27-11-4-12-28-51)52-37-42-70(61(43-52)74-77-63(49-23-7-2-8-24-49)46-64(78-74)50-25-9-3-10-26-50)81-71-44-53(79-66-33-17-13-29-55(66)56-30-14-18-34-67(56)79)38-40-59(71)60-41-39-54(45-72(60)81)80-68-35-19-15-31-57(68)58-32-16-20-36-69(58)80/h1-47H. The number of nitrogens with zero attached hydrogens (tertiary/aromatic N) is 7. The molecule has 0 aliphatic rings. The SMILES string of the molecule is c1ccc(-c2cc(-c3ccc(-n4c5cc(-n6c7ccccc7c7ccccc76)ccc5c5ccc(-n6c7ccccc7c7ccccc76)cc54)c(-c4nc(-c5ccccc5)cc(-c5ccccc5)n4)c3)nc(-c3ccccc3)n2)cc1. The average Bonchev–Trinajstić information content (AvgIpc) is 3.75. The van der Waals surface area contributed by atoms with Gasteiger partial charge in [-0.05, 0) is 72.8 Å². The normalized spacial score (nSPS) is 11.7. The summed E-state index contributed by atoms with van der Waals surface area (Å²) < 4.78 is 7.26. The van der Waals surface area contributed by atoms with Crippen LogP contribution < -0.4 is 0 Å². The predicted molar refractivity (Wildman–Crippen MR) is 333 cm³/mol. The number of rotatable bonds is 9. The van der Waals surface area contributed by atoms with Crippen LogP contribution in [0.15, 0.2) is 285 Å². The Labute approximate surface area is 466 Å². The van der Waals surface area contributed by atoms with E-state index in [4.69, 9.17) is 19.9 Å². The largest absolute Gasteiger partial charge is 0.309 e. The highest BCUT2D eigenvalue weighted by Crippen LogP contribution is 2.43. The van der Waals surface area contributed by atoms with E-state index in [1.807, 2.05) is 36.4 Å². The van der Waals surface area contributed by atoms with E-state index in [0.717, 1.165) is 117 Å². The Bertz CT molecular complexity index is 4700. The van der Waals surface area contributed by atoms with Crippen molar-refractivity contribution in [2.45, 2.75) is 0 Å². The molecule has 5 heterocycles. The van der Waals surface area contributed by atoms with Crippen LogP contribution in [-0.4, -0.2) is 33.6 Å². The van der Waals surface area contributed by atoms with Crippen molar-refractivity contribution in [2.75, 3.05) is 0 Å². The van der Waals surface area contributed by atoms with Gasteiger partial charge in [0.15, 0.2) is 11.6 Å². The van der Waals surface area contributed by atoms with Crippen LogP contribution in [0.2, 0.25) is 0 Å². The van der Waals surface area contributed by atoms with E-state index in [0.29, 0.717) is 11.6 Å². The van der Waals surface area contributed by atoms with E-state index in [-0.39, 0.29) is 0 Å². The zero-order valence-corrected chi connectivity index (χ0v) is 43.8. The Hall–Kier alpha value is -11.0. The Balaban J connectivity index is 1.02. The highest BCUT2D eigenvalue weighted by atomic mass is 15.0. The first kappa shape index (κ1) is 46.1. The average molecular weight is 1030 g/mol. The van der Waals surface area contributed by atoms with Crippen molar-refractivity contribution in [3.8, 4) is 84.9 Å². The van der Waals surface area contributed by atoms with Gasteiger partial charge in [-0.25, -0.2) is 19.9 Å². The fourth-order valence-electron chi connectivity index (χ4n) is 12.2. The molecule has 16 aromatic rings. The Morgan fingerprint density at radius 3 is 0.951 bits per heavy atom. The Morgan fingerprint density at radius 1 is 0.210 bits per heavy atom. The van der Waals surface area contributed by atoms with E-state index in [2.05, 4.69) is 262 Å². The number of para-hydroxylation sites is 4. The molecule has 0 unspecified atom stereocenters. The zero-order valence-electron chi connectivity index (χ0n) is 43.8. The molecule has 7 heteroatoms. The second-order valence-electron chi connectivity index (χ2n) is 20.6. The van der Waals surface area contributed by atoms with E-state index >= 15 is 0 Å². The molecule has 16 rings (SSSR count). The van der Waals surface area contributed by atoms with Crippen LogP contribution in [0.5, 0.6) is 0 Å². The van der Waals surface area contributed by atoms with Crippen molar-refractivity contribution in [1.29, 1.82) is 0 Å². The third-order valence-electron chi connectivity index (χ3n) is 15.9. The van der Waals surface area contributed by atoms with Gasteiger partial charge in [-0.3, -0.25) is 0 Å². The lowest BCUT2D eigenvalue weighted by atomic mass is 10.0. The molecule has 0 radical (unpaired) electrons.